The molecule has 112 valence electrons. The van der Waals surface area contributed by atoms with Crippen molar-refractivity contribution in [2.45, 2.75) is 50.5 Å². The Labute approximate surface area is 131 Å². The molecule has 0 atom stereocenters. The molecule has 4 heteroatoms. The summed E-state index contributed by atoms with van der Waals surface area (Å²) in [4.78, 5) is 10.2. The normalized spacial score (nSPS) is 10.7. The zero-order valence-electron chi connectivity index (χ0n) is 13.2. The molecule has 1 aromatic carbocycles. The number of aromatic nitrogens is 2. The molecule has 1 N–H and O–H groups in total. The Bertz CT molecular complexity index is 611. The van der Waals surface area contributed by atoms with Crippen molar-refractivity contribution in [1.29, 1.82) is 0 Å². The van der Waals surface area contributed by atoms with Gasteiger partial charge in [0.1, 0.15) is 17.2 Å². The van der Waals surface area contributed by atoms with E-state index in [0.29, 0.717) is 0 Å². The maximum absolute atomic E-state index is 4.52. The molecule has 0 aliphatic carbocycles. The Kier molecular flexibility index (Phi) is 5.62. The van der Waals surface area contributed by atoms with Crippen molar-refractivity contribution in [3.05, 3.63) is 41.2 Å². The van der Waals surface area contributed by atoms with E-state index in [-0.39, 0.29) is 0 Å². The molecule has 0 fully saturated rings. The second-order valence-electron chi connectivity index (χ2n) is 5.16. The van der Waals surface area contributed by atoms with Crippen molar-refractivity contribution >= 4 is 17.6 Å². The molecule has 2 aromatic rings. The summed E-state index contributed by atoms with van der Waals surface area (Å²) in [6.07, 6.45) is 3.74. The van der Waals surface area contributed by atoms with E-state index in [9.17, 15) is 0 Å². The van der Waals surface area contributed by atoms with Crippen molar-refractivity contribution in [2.75, 3.05) is 11.9 Å². The van der Waals surface area contributed by atoms with E-state index in [0.717, 1.165) is 30.2 Å². The predicted molar refractivity (Wildman–Crippen MR) is 90.2 cm³/mol. The van der Waals surface area contributed by atoms with Crippen LogP contribution >= 0.6 is 11.8 Å². The van der Waals surface area contributed by atoms with E-state index >= 15 is 0 Å². The minimum Gasteiger partial charge on any atom is -0.370 e. The number of hydrogen-bond donors (Lipinski definition) is 1. The molecule has 1 heterocycles. The number of benzene rings is 1. The molecule has 0 aliphatic heterocycles. The largest absolute Gasteiger partial charge is 0.370 e. The van der Waals surface area contributed by atoms with E-state index in [1.54, 1.807) is 18.1 Å². The second-order valence-corrected chi connectivity index (χ2v) is 6.19. The molecule has 0 unspecified atom stereocenters. The van der Waals surface area contributed by atoms with Crippen LogP contribution in [0, 0.1) is 13.8 Å². The quantitative estimate of drug-likeness (QED) is 0.789. The average molecular weight is 301 g/mol. The molecule has 0 radical (unpaired) electrons. The fourth-order valence-corrected chi connectivity index (χ4v) is 3.30. The van der Waals surface area contributed by atoms with Gasteiger partial charge in [-0.25, -0.2) is 9.97 Å². The van der Waals surface area contributed by atoms with Gasteiger partial charge in [0.25, 0.3) is 0 Å². The maximum Gasteiger partial charge on any atom is 0.133 e. The van der Waals surface area contributed by atoms with Gasteiger partial charge in [0, 0.05) is 17.0 Å². The van der Waals surface area contributed by atoms with E-state index in [4.69, 9.17) is 0 Å². The first-order valence-corrected chi connectivity index (χ1v) is 8.30. The first-order chi connectivity index (χ1) is 10.2. The topological polar surface area (TPSA) is 37.8 Å². The predicted octanol–water partition coefficient (Wildman–Crippen LogP) is 4.63. The summed E-state index contributed by atoms with van der Waals surface area (Å²) < 4.78 is 0. The molecule has 0 spiro atoms. The van der Waals surface area contributed by atoms with Crippen LogP contribution in [-0.4, -0.2) is 16.5 Å². The summed E-state index contributed by atoms with van der Waals surface area (Å²) in [5, 5.41) is 4.41. The summed E-state index contributed by atoms with van der Waals surface area (Å²) in [5.74, 6) is 0.974. The molecule has 1 aromatic heterocycles. The van der Waals surface area contributed by atoms with Crippen LogP contribution in [0.5, 0.6) is 0 Å². The first kappa shape index (κ1) is 15.8. The van der Waals surface area contributed by atoms with Crippen molar-refractivity contribution in [3.63, 3.8) is 0 Å². The zero-order valence-corrected chi connectivity index (χ0v) is 14.0. The van der Waals surface area contributed by atoms with Gasteiger partial charge in [-0.15, -0.1) is 0 Å². The summed E-state index contributed by atoms with van der Waals surface area (Å²) in [6, 6.07) is 6.55. The lowest BCUT2D eigenvalue weighted by Gasteiger charge is -2.13. The lowest BCUT2D eigenvalue weighted by molar-refractivity contribution is 0.855. The van der Waals surface area contributed by atoms with Gasteiger partial charge >= 0.3 is 0 Å². The number of hydrogen-bond acceptors (Lipinski definition) is 4. The zero-order chi connectivity index (χ0) is 15.2. The highest BCUT2D eigenvalue weighted by molar-refractivity contribution is 7.99. The molecule has 0 bridgehead atoms. The van der Waals surface area contributed by atoms with Crippen LogP contribution < -0.4 is 5.32 Å². The highest BCUT2D eigenvalue weighted by Crippen LogP contribution is 2.34. The van der Waals surface area contributed by atoms with Gasteiger partial charge in [-0.1, -0.05) is 37.2 Å². The van der Waals surface area contributed by atoms with Crippen molar-refractivity contribution in [3.8, 4) is 0 Å². The third-order valence-corrected chi connectivity index (χ3v) is 4.51. The summed E-state index contributed by atoms with van der Waals surface area (Å²) >= 11 is 1.74. The maximum atomic E-state index is 4.52. The monoisotopic (exact) mass is 301 g/mol. The third kappa shape index (κ3) is 3.97. The Morgan fingerprint density at radius 3 is 2.67 bits per heavy atom. The van der Waals surface area contributed by atoms with E-state index in [2.05, 4.69) is 61.2 Å². The fraction of sp³-hybridized carbons (Fsp3) is 0.412. The molecule has 0 saturated heterocycles. The first-order valence-electron chi connectivity index (χ1n) is 7.48. The van der Waals surface area contributed by atoms with Crippen molar-refractivity contribution in [1.82, 2.24) is 9.97 Å². The number of nitrogens with one attached hydrogen (secondary N) is 1. The van der Waals surface area contributed by atoms with Crippen molar-refractivity contribution in [2.24, 2.45) is 0 Å². The third-order valence-electron chi connectivity index (χ3n) is 3.30. The smallest absolute Gasteiger partial charge is 0.133 e. The Hall–Kier alpha value is -1.55. The Morgan fingerprint density at radius 2 is 1.95 bits per heavy atom. The SMILES string of the molecule is CCCc1c(NCC)ncnc1Sc1cc(C)ccc1C. The van der Waals surface area contributed by atoms with E-state index in [1.807, 2.05) is 0 Å². The Balaban J connectivity index is 2.38. The number of rotatable bonds is 6. The van der Waals surface area contributed by atoms with Crippen molar-refractivity contribution < 1.29 is 0 Å². The molecule has 0 saturated carbocycles. The molecule has 0 amide bonds. The molecular weight excluding hydrogens is 278 g/mol. The second kappa shape index (κ2) is 7.46. The van der Waals surface area contributed by atoms with Gasteiger partial charge in [0.15, 0.2) is 0 Å². The lowest BCUT2D eigenvalue weighted by Crippen LogP contribution is -2.06. The molecule has 0 aliphatic rings. The highest BCUT2D eigenvalue weighted by Gasteiger charge is 2.12. The van der Waals surface area contributed by atoms with Gasteiger partial charge in [-0.05, 0) is 44.4 Å². The molecule has 21 heavy (non-hydrogen) atoms. The molecule has 3 nitrogen and oxygen atoms in total. The van der Waals surface area contributed by atoms with Gasteiger partial charge in [0.05, 0.1) is 0 Å². The van der Waals surface area contributed by atoms with Crippen LogP contribution in [0.25, 0.3) is 0 Å². The van der Waals surface area contributed by atoms with Crippen LogP contribution in [0.1, 0.15) is 37.0 Å². The molecule has 2 rings (SSSR count). The average Bonchev–Trinajstić information content (AvgIpc) is 2.46. The van der Waals surface area contributed by atoms with Gasteiger partial charge in [-0.2, -0.15) is 0 Å². The lowest BCUT2D eigenvalue weighted by atomic mass is 10.2. The standard InChI is InChI=1S/C17H23N3S/c1-5-7-14-16(18-6-2)19-11-20-17(14)21-15-10-12(3)8-9-13(15)4/h8-11H,5-7H2,1-4H3,(H,18,19,20). The van der Waals surface area contributed by atoms with Gasteiger partial charge < -0.3 is 5.32 Å². The fourth-order valence-electron chi connectivity index (χ4n) is 2.20. The van der Waals surface area contributed by atoms with Crippen LogP contribution in [0.15, 0.2) is 34.4 Å². The van der Waals surface area contributed by atoms with Crippen LogP contribution in [0.4, 0.5) is 5.82 Å². The number of aryl methyl sites for hydroxylation is 2. The summed E-state index contributed by atoms with van der Waals surface area (Å²) in [6.45, 7) is 9.43. The number of anilines is 1. The Morgan fingerprint density at radius 1 is 1.14 bits per heavy atom. The van der Waals surface area contributed by atoms with E-state index in [1.165, 1.54) is 21.6 Å². The van der Waals surface area contributed by atoms with Crippen LogP contribution in [0.3, 0.4) is 0 Å². The van der Waals surface area contributed by atoms with Gasteiger partial charge in [-0.3, -0.25) is 0 Å². The van der Waals surface area contributed by atoms with Crippen LogP contribution in [-0.2, 0) is 6.42 Å². The minimum atomic E-state index is 0.876. The number of nitrogens with zero attached hydrogens (tertiary/aromatic N) is 2. The van der Waals surface area contributed by atoms with Crippen LogP contribution in [0.2, 0.25) is 0 Å². The summed E-state index contributed by atoms with van der Waals surface area (Å²) in [5.41, 5.74) is 3.80. The summed E-state index contributed by atoms with van der Waals surface area (Å²) in [7, 11) is 0. The van der Waals surface area contributed by atoms with Gasteiger partial charge in [0.2, 0.25) is 0 Å². The van der Waals surface area contributed by atoms with E-state index < -0.39 is 0 Å². The highest BCUT2D eigenvalue weighted by atomic mass is 32.2. The minimum absolute atomic E-state index is 0.876. The molecular formula is C17H23N3S.